The second-order valence-corrected chi connectivity index (χ2v) is 6.12. The summed E-state index contributed by atoms with van der Waals surface area (Å²) in [5.74, 6) is -0.219. The SMILES string of the molecule is COC(=O)CC(c1ccc(C(C)(C)C)cc1)C(C)N. The first-order valence-corrected chi connectivity index (χ1v) is 6.68. The van der Waals surface area contributed by atoms with Gasteiger partial charge < -0.3 is 10.5 Å². The molecule has 0 heterocycles. The topological polar surface area (TPSA) is 52.3 Å². The van der Waals surface area contributed by atoms with Crippen LogP contribution in [0.25, 0.3) is 0 Å². The van der Waals surface area contributed by atoms with Crippen LogP contribution in [0.5, 0.6) is 0 Å². The highest BCUT2D eigenvalue weighted by atomic mass is 16.5. The third-order valence-electron chi connectivity index (χ3n) is 3.45. The van der Waals surface area contributed by atoms with Gasteiger partial charge in [0.25, 0.3) is 0 Å². The van der Waals surface area contributed by atoms with Crippen LogP contribution >= 0.6 is 0 Å². The second-order valence-electron chi connectivity index (χ2n) is 6.12. The van der Waals surface area contributed by atoms with E-state index in [1.165, 1.54) is 12.7 Å². The summed E-state index contributed by atoms with van der Waals surface area (Å²) in [6, 6.07) is 8.28. The number of esters is 1. The largest absolute Gasteiger partial charge is 0.469 e. The van der Waals surface area contributed by atoms with E-state index in [0.29, 0.717) is 6.42 Å². The normalized spacial score (nSPS) is 14.8. The maximum absolute atomic E-state index is 11.4. The third kappa shape index (κ3) is 4.35. The van der Waals surface area contributed by atoms with Gasteiger partial charge in [-0.25, -0.2) is 0 Å². The Morgan fingerprint density at radius 3 is 2.16 bits per heavy atom. The molecule has 0 amide bonds. The van der Waals surface area contributed by atoms with Crippen molar-refractivity contribution in [2.45, 2.75) is 51.5 Å². The lowest BCUT2D eigenvalue weighted by Gasteiger charge is -2.23. The lowest BCUT2D eigenvalue weighted by molar-refractivity contribution is -0.141. The minimum Gasteiger partial charge on any atom is -0.469 e. The van der Waals surface area contributed by atoms with Gasteiger partial charge in [0.15, 0.2) is 0 Å². The van der Waals surface area contributed by atoms with Crippen molar-refractivity contribution in [2.75, 3.05) is 7.11 Å². The molecular weight excluding hydrogens is 238 g/mol. The van der Waals surface area contributed by atoms with Crippen molar-refractivity contribution in [3.05, 3.63) is 35.4 Å². The molecule has 0 aliphatic rings. The van der Waals surface area contributed by atoms with Crippen LogP contribution in [-0.4, -0.2) is 19.1 Å². The summed E-state index contributed by atoms with van der Waals surface area (Å²) in [7, 11) is 1.41. The number of methoxy groups -OCH3 is 1. The van der Waals surface area contributed by atoms with Gasteiger partial charge in [-0.2, -0.15) is 0 Å². The molecule has 2 N–H and O–H groups in total. The molecule has 0 spiro atoms. The average molecular weight is 263 g/mol. The van der Waals surface area contributed by atoms with Crippen LogP contribution in [0.2, 0.25) is 0 Å². The van der Waals surface area contributed by atoms with Crippen molar-refractivity contribution in [3.63, 3.8) is 0 Å². The Labute approximate surface area is 116 Å². The molecule has 2 atom stereocenters. The zero-order valence-electron chi connectivity index (χ0n) is 12.6. The van der Waals surface area contributed by atoms with Gasteiger partial charge in [0.05, 0.1) is 13.5 Å². The van der Waals surface area contributed by atoms with Crippen molar-refractivity contribution in [3.8, 4) is 0 Å². The Morgan fingerprint density at radius 1 is 1.26 bits per heavy atom. The van der Waals surface area contributed by atoms with E-state index in [1.807, 2.05) is 6.92 Å². The Kier molecular flexibility index (Phi) is 5.12. The molecule has 3 heteroatoms. The monoisotopic (exact) mass is 263 g/mol. The average Bonchev–Trinajstić information content (AvgIpc) is 2.34. The Hall–Kier alpha value is -1.35. The first-order valence-electron chi connectivity index (χ1n) is 6.68. The molecule has 0 aliphatic carbocycles. The Bertz CT molecular complexity index is 415. The highest BCUT2D eigenvalue weighted by Crippen LogP contribution is 2.27. The van der Waals surface area contributed by atoms with Gasteiger partial charge in [-0.1, -0.05) is 45.0 Å². The molecule has 0 aliphatic heterocycles. The van der Waals surface area contributed by atoms with Crippen LogP contribution in [-0.2, 0) is 14.9 Å². The zero-order valence-corrected chi connectivity index (χ0v) is 12.6. The summed E-state index contributed by atoms with van der Waals surface area (Å²) >= 11 is 0. The molecule has 2 unspecified atom stereocenters. The summed E-state index contributed by atoms with van der Waals surface area (Å²) in [6.07, 6.45) is 0.322. The molecule has 0 saturated carbocycles. The number of nitrogens with two attached hydrogens (primary N) is 1. The second kappa shape index (κ2) is 6.20. The quantitative estimate of drug-likeness (QED) is 0.850. The number of benzene rings is 1. The van der Waals surface area contributed by atoms with E-state index in [2.05, 4.69) is 45.0 Å². The fraction of sp³-hybridized carbons (Fsp3) is 0.562. The summed E-state index contributed by atoms with van der Waals surface area (Å²) in [5.41, 5.74) is 8.48. The molecule has 0 bridgehead atoms. The Morgan fingerprint density at radius 2 is 1.79 bits per heavy atom. The zero-order chi connectivity index (χ0) is 14.6. The summed E-state index contributed by atoms with van der Waals surface area (Å²) in [5, 5.41) is 0. The van der Waals surface area contributed by atoms with Gasteiger partial charge in [0.1, 0.15) is 0 Å². The van der Waals surface area contributed by atoms with Crippen molar-refractivity contribution in [2.24, 2.45) is 5.73 Å². The standard InChI is InChI=1S/C16H25NO2/c1-11(17)14(10-15(18)19-5)12-6-8-13(9-7-12)16(2,3)4/h6-9,11,14H,10,17H2,1-5H3. The van der Waals surface area contributed by atoms with Crippen LogP contribution in [0.15, 0.2) is 24.3 Å². The molecule has 3 nitrogen and oxygen atoms in total. The van der Waals surface area contributed by atoms with Crippen LogP contribution in [0.1, 0.15) is 51.2 Å². The van der Waals surface area contributed by atoms with Crippen molar-refractivity contribution >= 4 is 5.97 Å². The molecule has 0 radical (unpaired) electrons. The van der Waals surface area contributed by atoms with Crippen molar-refractivity contribution < 1.29 is 9.53 Å². The minimum absolute atomic E-state index is 0.00136. The van der Waals surface area contributed by atoms with E-state index in [-0.39, 0.29) is 23.3 Å². The van der Waals surface area contributed by atoms with E-state index >= 15 is 0 Å². The third-order valence-corrected chi connectivity index (χ3v) is 3.45. The van der Waals surface area contributed by atoms with Gasteiger partial charge in [-0.05, 0) is 23.5 Å². The van der Waals surface area contributed by atoms with Crippen LogP contribution in [0.3, 0.4) is 0 Å². The van der Waals surface area contributed by atoms with Gasteiger partial charge >= 0.3 is 5.97 Å². The molecule has 1 rings (SSSR count). The van der Waals surface area contributed by atoms with Gasteiger partial charge in [0, 0.05) is 12.0 Å². The molecular formula is C16H25NO2. The summed E-state index contributed by atoms with van der Waals surface area (Å²) in [4.78, 5) is 11.4. The lowest BCUT2D eigenvalue weighted by Crippen LogP contribution is -2.27. The van der Waals surface area contributed by atoms with Crippen molar-refractivity contribution in [1.29, 1.82) is 0 Å². The number of hydrogen-bond acceptors (Lipinski definition) is 3. The molecule has 19 heavy (non-hydrogen) atoms. The minimum atomic E-state index is -0.220. The highest BCUT2D eigenvalue weighted by Gasteiger charge is 2.21. The van der Waals surface area contributed by atoms with Gasteiger partial charge in [-0.15, -0.1) is 0 Å². The van der Waals surface area contributed by atoms with Crippen LogP contribution in [0, 0.1) is 0 Å². The predicted molar refractivity (Wildman–Crippen MR) is 78.2 cm³/mol. The molecule has 1 aromatic rings. The van der Waals surface area contributed by atoms with E-state index in [9.17, 15) is 4.79 Å². The van der Waals surface area contributed by atoms with E-state index in [4.69, 9.17) is 10.5 Å². The molecule has 106 valence electrons. The lowest BCUT2D eigenvalue weighted by atomic mass is 9.84. The smallest absolute Gasteiger partial charge is 0.306 e. The number of carbonyl (C=O) groups is 1. The first-order chi connectivity index (χ1) is 8.75. The number of ether oxygens (including phenoxy) is 1. The number of rotatable bonds is 4. The maximum Gasteiger partial charge on any atom is 0.306 e. The van der Waals surface area contributed by atoms with Crippen LogP contribution in [0.4, 0.5) is 0 Å². The summed E-state index contributed by atoms with van der Waals surface area (Å²) in [6.45, 7) is 8.46. The van der Waals surface area contributed by atoms with E-state index in [1.54, 1.807) is 0 Å². The molecule has 1 aromatic carbocycles. The van der Waals surface area contributed by atoms with E-state index in [0.717, 1.165) is 5.56 Å². The maximum atomic E-state index is 11.4. The Balaban J connectivity index is 2.95. The van der Waals surface area contributed by atoms with Crippen molar-refractivity contribution in [1.82, 2.24) is 0 Å². The van der Waals surface area contributed by atoms with Gasteiger partial charge in [0.2, 0.25) is 0 Å². The first kappa shape index (κ1) is 15.7. The highest BCUT2D eigenvalue weighted by molar-refractivity contribution is 5.70. The molecule has 0 saturated heterocycles. The fourth-order valence-electron chi connectivity index (χ4n) is 2.10. The van der Waals surface area contributed by atoms with E-state index < -0.39 is 0 Å². The predicted octanol–water partition coefficient (Wildman–Crippen LogP) is 2.98. The van der Waals surface area contributed by atoms with Crippen LogP contribution < -0.4 is 5.73 Å². The van der Waals surface area contributed by atoms with Gasteiger partial charge in [-0.3, -0.25) is 4.79 Å². The number of hydrogen-bond donors (Lipinski definition) is 1. The molecule has 0 fully saturated rings. The number of carbonyl (C=O) groups excluding carboxylic acids is 1. The molecule has 0 aromatic heterocycles. The summed E-state index contributed by atoms with van der Waals surface area (Å²) < 4.78 is 4.74. The fourth-order valence-corrected chi connectivity index (χ4v) is 2.10.